The number of aromatic nitrogens is 2. The van der Waals surface area contributed by atoms with Gasteiger partial charge in [-0.15, -0.1) is 0 Å². The van der Waals surface area contributed by atoms with E-state index in [1.54, 1.807) is 0 Å². The van der Waals surface area contributed by atoms with Gasteiger partial charge in [0.1, 0.15) is 0 Å². The molecule has 2 aromatic rings. The normalized spacial score (nSPS) is 18.5. The van der Waals surface area contributed by atoms with Gasteiger partial charge in [0.2, 0.25) is 5.89 Å². The number of hydrogen-bond donors (Lipinski definition) is 0. The fourth-order valence-corrected chi connectivity index (χ4v) is 2.84. The molecule has 0 radical (unpaired) electrons. The van der Waals surface area contributed by atoms with Gasteiger partial charge in [-0.2, -0.15) is 10.2 Å². The largest absolute Gasteiger partial charge is 0.339 e. The van der Waals surface area contributed by atoms with Crippen molar-refractivity contribution in [2.75, 3.05) is 0 Å². The van der Waals surface area contributed by atoms with E-state index in [0.29, 0.717) is 18.7 Å². The maximum atomic E-state index is 8.69. The van der Waals surface area contributed by atoms with Crippen molar-refractivity contribution in [1.29, 1.82) is 5.26 Å². The summed E-state index contributed by atoms with van der Waals surface area (Å²) in [5.41, 5.74) is 2.71. The fourth-order valence-electron chi connectivity index (χ4n) is 2.84. The van der Waals surface area contributed by atoms with Crippen LogP contribution >= 0.6 is 0 Å². The molecule has 2 atom stereocenters. The molecule has 0 spiro atoms. The number of hydrogen-bond acceptors (Lipinski definition) is 4. The maximum Gasteiger partial charge on any atom is 0.226 e. The first-order valence-corrected chi connectivity index (χ1v) is 7.05. The molecule has 0 fully saturated rings. The van der Waals surface area contributed by atoms with Crippen molar-refractivity contribution in [2.24, 2.45) is 5.92 Å². The predicted molar refractivity (Wildman–Crippen MR) is 74.0 cm³/mol. The molecular formula is C16H17N3O. The van der Waals surface area contributed by atoms with Gasteiger partial charge >= 0.3 is 0 Å². The molecule has 1 aliphatic carbocycles. The molecule has 1 aromatic heterocycles. The van der Waals surface area contributed by atoms with Gasteiger partial charge in [-0.25, -0.2) is 0 Å². The van der Waals surface area contributed by atoms with Gasteiger partial charge in [-0.05, 0) is 29.9 Å². The SMILES string of the molecule is CC(CC#N)Cc1nc(C2CCc3ccccc32)no1. The molecule has 0 amide bonds. The monoisotopic (exact) mass is 267 g/mol. The molecule has 4 heteroatoms. The molecule has 2 unspecified atom stereocenters. The maximum absolute atomic E-state index is 8.69. The summed E-state index contributed by atoms with van der Waals surface area (Å²) in [5.74, 6) is 1.94. The summed E-state index contributed by atoms with van der Waals surface area (Å²) in [7, 11) is 0. The lowest BCUT2D eigenvalue weighted by atomic mass is 10.0. The van der Waals surface area contributed by atoms with Gasteiger partial charge in [0.25, 0.3) is 0 Å². The summed E-state index contributed by atoms with van der Waals surface area (Å²) in [5, 5.41) is 12.8. The van der Waals surface area contributed by atoms with E-state index < -0.39 is 0 Å². The van der Waals surface area contributed by atoms with Crippen molar-refractivity contribution in [3.63, 3.8) is 0 Å². The van der Waals surface area contributed by atoms with Crippen LogP contribution in [0.4, 0.5) is 0 Å². The van der Waals surface area contributed by atoms with Gasteiger partial charge in [0.15, 0.2) is 5.82 Å². The molecule has 20 heavy (non-hydrogen) atoms. The smallest absolute Gasteiger partial charge is 0.226 e. The number of rotatable bonds is 4. The van der Waals surface area contributed by atoms with E-state index >= 15 is 0 Å². The van der Waals surface area contributed by atoms with Crippen molar-refractivity contribution >= 4 is 0 Å². The average Bonchev–Trinajstić information content (AvgIpc) is 3.05. The Kier molecular flexibility index (Phi) is 3.51. The molecule has 0 N–H and O–H groups in total. The fraction of sp³-hybridized carbons (Fsp3) is 0.438. The van der Waals surface area contributed by atoms with Gasteiger partial charge in [-0.3, -0.25) is 0 Å². The third-order valence-electron chi connectivity index (χ3n) is 3.89. The highest BCUT2D eigenvalue weighted by Gasteiger charge is 2.27. The second-order valence-electron chi connectivity index (χ2n) is 5.51. The minimum absolute atomic E-state index is 0.254. The quantitative estimate of drug-likeness (QED) is 0.853. The Hall–Kier alpha value is -2.15. The highest BCUT2D eigenvalue weighted by molar-refractivity contribution is 5.38. The minimum Gasteiger partial charge on any atom is -0.339 e. The highest BCUT2D eigenvalue weighted by atomic mass is 16.5. The number of nitrogens with zero attached hydrogens (tertiary/aromatic N) is 3. The van der Waals surface area contributed by atoms with E-state index in [-0.39, 0.29) is 11.8 Å². The Bertz CT molecular complexity index is 641. The molecule has 4 nitrogen and oxygen atoms in total. The lowest BCUT2D eigenvalue weighted by Crippen LogP contribution is -2.01. The Morgan fingerprint density at radius 2 is 2.30 bits per heavy atom. The third-order valence-corrected chi connectivity index (χ3v) is 3.89. The minimum atomic E-state index is 0.254. The van der Waals surface area contributed by atoms with Crippen LogP contribution in [0.2, 0.25) is 0 Å². The molecule has 3 rings (SSSR count). The average molecular weight is 267 g/mol. The molecule has 1 heterocycles. The van der Waals surface area contributed by atoms with Crippen molar-refractivity contribution in [2.45, 2.75) is 38.5 Å². The number of benzene rings is 1. The third kappa shape index (κ3) is 2.44. The zero-order chi connectivity index (χ0) is 13.9. The number of aryl methyl sites for hydroxylation is 1. The first-order chi connectivity index (χ1) is 9.78. The van der Waals surface area contributed by atoms with Crippen LogP contribution in [-0.4, -0.2) is 10.1 Å². The number of fused-ring (bicyclic) bond motifs is 1. The molecule has 0 aliphatic heterocycles. The Balaban J connectivity index is 1.77. The van der Waals surface area contributed by atoms with Crippen molar-refractivity contribution in [3.8, 4) is 6.07 Å². The van der Waals surface area contributed by atoms with E-state index in [2.05, 4.69) is 40.5 Å². The Morgan fingerprint density at radius 3 is 3.15 bits per heavy atom. The van der Waals surface area contributed by atoms with Crippen LogP contribution in [0, 0.1) is 17.2 Å². The molecule has 0 saturated heterocycles. The molecule has 0 saturated carbocycles. The van der Waals surface area contributed by atoms with Crippen molar-refractivity contribution < 1.29 is 4.52 Å². The molecule has 1 aromatic carbocycles. The molecular weight excluding hydrogens is 250 g/mol. The van der Waals surface area contributed by atoms with E-state index in [1.807, 2.05) is 6.92 Å². The zero-order valence-corrected chi connectivity index (χ0v) is 11.5. The second-order valence-corrected chi connectivity index (χ2v) is 5.51. The van der Waals surface area contributed by atoms with Crippen molar-refractivity contribution in [3.05, 3.63) is 47.1 Å². The van der Waals surface area contributed by atoms with Gasteiger partial charge in [-0.1, -0.05) is 36.3 Å². The topological polar surface area (TPSA) is 62.7 Å². The predicted octanol–water partition coefficient (Wildman–Crippen LogP) is 3.24. The van der Waals surface area contributed by atoms with Gasteiger partial charge < -0.3 is 4.52 Å². The molecule has 102 valence electrons. The van der Waals surface area contributed by atoms with E-state index in [4.69, 9.17) is 9.78 Å². The summed E-state index contributed by atoms with van der Waals surface area (Å²) in [6, 6.07) is 10.6. The summed E-state index contributed by atoms with van der Waals surface area (Å²) >= 11 is 0. The van der Waals surface area contributed by atoms with Crippen molar-refractivity contribution in [1.82, 2.24) is 10.1 Å². The van der Waals surface area contributed by atoms with Crippen LogP contribution in [0.25, 0.3) is 0 Å². The summed E-state index contributed by atoms with van der Waals surface area (Å²) in [4.78, 5) is 4.53. The summed E-state index contributed by atoms with van der Waals surface area (Å²) in [6.07, 6.45) is 3.32. The standard InChI is InChI=1S/C16H17N3O/c1-11(8-9-17)10-15-18-16(19-20-15)14-7-6-12-4-2-3-5-13(12)14/h2-5,11,14H,6-8,10H2,1H3. The van der Waals surface area contributed by atoms with Gasteiger partial charge in [0, 0.05) is 18.8 Å². The molecule has 1 aliphatic rings. The second kappa shape index (κ2) is 5.46. The van der Waals surface area contributed by atoms with Gasteiger partial charge in [0.05, 0.1) is 6.07 Å². The lowest BCUT2D eigenvalue weighted by Gasteiger charge is -2.05. The Morgan fingerprint density at radius 1 is 1.45 bits per heavy atom. The van der Waals surface area contributed by atoms with Crippen LogP contribution < -0.4 is 0 Å². The van der Waals surface area contributed by atoms with Crippen LogP contribution in [0.3, 0.4) is 0 Å². The zero-order valence-electron chi connectivity index (χ0n) is 11.5. The lowest BCUT2D eigenvalue weighted by molar-refractivity contribution is 0.353. The molecule has 0 bridgehead atoms. The number of nitriles is 1. The summed E-state index contributed by atoms with van der Waals surface area (Å²) in [6.45, 7) is 2.03. The Labute approximate surface area is 118 Å². The first-order valence-electron chi connectivity index (χ1n) is 7.05. The highest BCUT2D eigenvalue weighted by Crippen LogP contribution is 2.36. The van der Waals surface area contributed by atoms with Crippen LogP contribution in [-0.2, 0) is 12.8 Å². The summed E-state index contributed by atoms with van der Waals surface area (Å²) < 4.78 is 5.34. The van der Waals surface area contributed by atoms with E-state index in [1.165, 1.54) is 11.1 Å². The van der Waals surface area contributed by atoms with Crippen LogP contribution in [0.1, 0.15) is 48.5 Å². The van der Waals surface area contributed by atoms with Crippen LogP contribution in [0.5, 0.6) is 0 Å². The van der Waals surface area contributed by atoms with Crippen LogP contribution in [0.15, 0.2) is 28.8 Å². The first kappa shape index (κ1) is 12.9. The van der Waals surface area contributed by atoms with E-state index in [9.17, 15) is 0 Å². The van der Waals surface area contributed by atoms with E-state index in [0.717, 1.165) is 18.7 Å².